The smallest absolute Gasteiger partial charge is 0.336 e. The standard InChI is InChI=1S/C43H43N3O7S/c44-36-11-4-5-12-37(36)46-41(49)15-7-14-40(48)45-25-32-8-1-2-9-34(32)29-20-22-31(23-21-29)43-52-33(27-54-39-13-6-3-10-35(39)42(50)51)24-38(53-43)30-18-16-28(26-47)17-19-30/h1-6,8-13,16-23,33,38,43,47H,7,14-15,24-27,44H2,(H,45,48)(H,46,49)(H,50,51). The van der Waals surface area contributed by atoms with Crippen molar-refractivity contribution in [2.45, 2.75) is 62.2 Å². The Morgan fingerprint density at radius 1 is 0.778 bits per heavy atom. The number of carbonyl (C=O) groups is 3. The lowest BCUT2D eigenvalue weighted by Gasteiger charge is -2.36. The van der Waals surface area contributed by atoms with Gasteiger partial charge < -0.3 is 36.1 Å². The highest BCUT2D eigenvalue weighted by atomic mass is 32.2. The quantitative estimate of drug-likeness (QED) is 0.0531. The van der Waals surface area contributed by atoms with Crippen LogP contribution in [0.4, 0.5) is 11.4 Å². The maximum absolute atomic E-state index is 12.7. The van der Waals surface area contributed by atoms with E-state index in [1.165, 1.54) is 11.8 Å². The molecule has 6 N–H and O–H groups in total. The fourth-order valence-electron chi connectivity index (χ4n) is 6.27. The van der Waals surface area contributed by atoms with E-state index in [-0.39, 0.29) is 49.0 Å². The highest BCUT2D eigenvalue weighted by Crippen LogP contribution is 2.40. The summed E-state index contributed by atoms with van der Waals surface area (Å²) in [6.45, 7) is 0.285. The number of aliphatic hydroxyl groups is 1. The molecule has 3 atom stereocenters. The van der Waals surface area contributed by atoms with E-state index in [1.807, 2.05) is 84.9 Å². The number of hydrogen-bond acceptors (Lipinski definition) is 8. The van der Waals surface area contributed by atoms with Gasteiger partial charge in [-0.25, -0.2) is 4.79 Å². The molecule has 2 amide bonds. The topological polar surface area (TPSA) is 160 Å². The SMILES string of the molecule is Nc1ccccc1NC(=O)CCCC(=O)NCc1ccccc1-c1ccc(C2OC(CSc3ccccc3C(=O)O)CC(c3ccc(CO)cc3)O2)cc1. The summed E-state index contributed by atoms with van der Waals surface area (Å²) in [5.41, 5.74) is 12.7. The third kappa shape index (κ3) is 10.1. The number of aromatic carboxylic acids is 1. The molecule has 11 heteroatoms. The van der Waals surface area contributed by atoms with Gasteiger partial charge in [0.25, 0.3) is 0 Å². The zero-order valence-electron chi connectivity index (χ0n) is 29.7. The molecule has 0 saturated carbocycles. The number of anilines is 2. The van der Waals surface area contributed by atoms with Gasteiger partial charge >= 0.3 is 5.97 Å². The lowest BCUT2D eigenvalue weighted by atomic mass is 9.97. The maximum Gasteiger partial charge on any atom is 0.336 e. The third-order valence-corrected chi connectivity index (χ3v) is 10.4. The Bertz CT molecular complexity index is 2060. The minimum atomic E-state index is -0.970. The summed E-state index contributed by atoms with van der Waals surface area (Å²) in [4.78, 5) is 37.5. The number of nitrogen functional groups attached to an aromatic ring is 1. The average molecular weight is 746 g/mol. The van der Waals surface area contributed by atoms with Crippen LogP contribution in [0, 0.1) is 0 Å². The molecular weight excluding hydrogens is 703 g/mol. The Morgan fingerprint density at radius 3 is 2.22 bits per heavy atom. The van der Waals surface area contributed by atoms with Gasteiger partial charge in [-0.2, -0.15) is 0 Å². The van der Waals surface area contributed by atoms with Crippen LogP contribution in [0.5, 0.6) is 0 Å². The molecule has 0 radical (unpaired) electrons. The summed E-state index contributed by atoms with van der Waals surface area (Å²) in [5, 5.41) is 25.0. The highest BCUT2D eigenvalue weighted by molar-refractivity contribution is 7.99. The third-order valence-electron chi connectivity index (χ3n) is 9.19. The second-order valence-electron chi connectivity index (χ2n) is 13.0. The van der Waals surface area contributed by atoms with Gasteiger partial charge in [0.05, 0.1) is 35.8 Å². The first-order chi connectivity index (χ1) is 26.3. The molecule has 54 heavy (non-hydrogen) atoms. The van der Waals surface area contributed by atoms with Gasteiger partial charge in [0.2, 0.25) is 11.8 Å². The minimum absolute atomic E-state index is 0.0478. The van der Waals surface area contributed by atoms with Crippen molar-refractivity contribution in [1.29, 1.82) is 0 Å². The van der Waals surface area contributed by atoms with Gasteiger partial charge in [0.1, 0.15) is 0 Å². The maximum atomic E-state index is 12.7. The first-order valence-corrected chi connectivity index (χ1v) is 18.8. The second kappa shape index (κ2) is 18.5. The zero-order valence-corrected chi connectivity index (χ0v) is 30.5. The van der Waals surface area contributed by atoms with E-state index in [0.717, 1.165) is 33.4 Å². The summed E-state index contributed by atoms with van der Waals surface area (Å²) in [6, 6.07) is 37.5. The van der Waals surface area contributed by atoms with E-state index in [0.29, 0.717) is 41.4 Å². The van der Waals surface area contributed by atoms with Crippen molar-refractivity contribution in [3.63, 3.8) is 0 Å². The Morgan fingerprint density at radius 2 is 1.46 bits per heavy atom. The lowest BCUT2D eigenvalue weighted by Crippen LogP contribution is -2.31. The second-order valence-corrected chi connectivity index (χ2v) is 14.1. The van der Waals surface area contributed by atoms with Crippen LogP contribution in [0.2, 0.25) is 0 Å². The van der Waals surface area contributed by atoms with Gasteiger partial charge in [-0.3, -0.25) is 9.59 Å². The van der Waals surface area contributed by atoms with Gasteiger partial charge in [-0.05, 0) is 58.5 Å². The van der Waals surface area contributed by atoms with E-state index < -0.39 is 12.3 Å². The van der Waals surface area contributed by atoms with Gasteiger partial charge in [0.15, 0.2) is 6.29 Å². The number of carboxylic acid groups (broad SMARTS) is 1. The molecule has 1 heterocycles. The number of rotatable bonds is 15. The Labute approximate surface area is 318 Å². The zero-order chi connectivity index (χ0) is 37.9. The number of ether oxygens (including phenoxy) is 2. The number of nitrogens with one attached hydrogen (secondary N) is 2. The van der Waals surface area contributed by atoms with Crippen LogP contribution in [0.3, 0.4) is 0 Å². The van der Waals surface area contributed by atoms with Crippen molar-refractivity contribution in [1.82, 2.24) is 5.32 Å². The summed E-state index contributed by atoms with van der Waals surface area (Å²) in [6.07, 6.45) is 0.212. The molecule has 0 spiro atoms. The summed E-state index contributed by atoms with van der Waals surface area (Å²) in [7, 11) is 0. The van der Waals surface area contributed by atoms with E-state index in [9.17, 15) is 24.6 Å². The number of aliphatic hydroxyl groups excluding tert-OH is 1. The number of hydrogen-bond donors (Lipinski definition) is 5. The molecule has 10 nitrogen and oxygen atoms in total. The van der Waals surface area contributed by atoms with Crippen LogP contribution in [-0.4, -0.2) is 39.9 Å². The molecule has 0 aliphatic carbocycles. The number of para-hydroxylation sites is 2. The van der Waals surface area contributed by atoms with Gasteiger partial charge in [-0.15, -0.1) is 11.8 Å². The molecule has 278 valence electrons. The first kappa shape index (κ1) is 38.3. The molecule has 5 aromatic carbocycles. The van der Waals surface area contributed by atoms with Crippen LogP contribution in [-0.2, 0) is 32.2 Å². The Kier molecular flexibility index (Phi) is 13.1. The Hall–Kier alpha value is -5.46. The highest BCUT2D eigenvalue weighted by Gasteiger charge is 2.32. The minimum Gasteiger partial charge on any atom is -0.478 e. The molecule has 0 bridgehead atoms. The van der Waals surface area contributed by atoms with Crippen molar-refractivity contribution in [3.05, 3.63) is 149 Å². The number of carboxylic acids is 1. The molecular formula is C43H43N3O7S. The molecule has 5 aromatic rings. The van der Waals surface area contributed by atoms with Crippen LogP contribution >= 0.6 is 11.8 Å². The van der Waals surface area contributed by atoms with Crippen molar-refractivity contribution in [2.24, 2.45) is 0 Å². The molecule has 1 aliphatic rings. The predicted octanol–water partition coefficient (Wildman–Crippen LogP) is 7.89. The monoisotopic (exact) mass is 745 g/mol. The molecule has 0 aromatic heterocycles. The number of thioether (sulfide) groups is 1. The average Bonchev–Trinajstić information content (AvgIpc) is 3.20. The molecule has 1 aliphatic heterocycles. The fraction of sp³-hybridized carbons (Fsp3) is 0.233. The number of amides is 2. The van der Waals surface area contributed by atoms with E-state index in [1.54, 1.807) is 36.4 Å². The van der Waals surface area contributed by atoms with Crippen LogP contribution < -0.4 is 16.4 Å². The van der Waals surface area contributed by atoms with Crippen molar-refractivity contribution in [2.75, 3.05) is 16.8 Å². The molecule has 3 unspecified atom stereocenters. The molecule has 1 fully saturated rings. The van der Waals surface area contributed by atoms with Crippen molar-refractivity contribution < 1.29 is 34.1 Å². The summed E-state index contributed by atoms with van der Waals surface area (Å²) >= 11 is 1.45. The predicted molar refractivity (Wildman–Crippen MR) is 210 cm³/mol. The number of nitrogens with two attached hydrogens (primary N) is 1. The van der Waals surface area contributed by atoms with Gasteiger partial charge in [0, 0.05) is 42.0 Å². The first-order valence-electron chi connectivity index (χ1n) is 17.8. The van der Waals surface area contributed by atoms with Gasteiger partial charge in [-0.1, -0.05) is 97.1 Å². The number of carbonyl (C=O) groups excluding carboxylic acids is 2. The number of benzene rings is 5. The summed E-state index contributed by atoms with van der Waals surface area (Å²) in [5.74, 6) is -0.773. The molecule has 1 saturated heterocycles. The molecule has 6 rings (SSSR count). The normalized spacial score (nSPS) is 16.7. The van der Waals surface area contributed by atoms with E-state index in [2.05, 4.69) is 10.6 Å². The van der Waals surface area contributed by atoms with E-state index >= 15 is 0 Å². The lowest BCUT2D eigenvalue weighted by molar-refractivity contribution is -0.245. The van der Waals surface area contributed by atoms with Crippen LogP contribution in [0.1, 0.15) is 70.7 Å². The van der Waals surface area contributed by atoms with Crippen molar-refractivity contribution in [3.8, 4) is 11.1 Å². The van der Waals surface area contributed by atoms with Crippen LogP contribution in [0.15, 0.2) is 126 Å². The Balaban J connectivity index is 1.09. The summed E-state index contributed by atoms with van der Waals surface area (Å²) < 4.78 is 13.0. The fourth-order valence-corrected chi connectivity index (χ4v) is 7.33. The van der Waals surface area contributed by atoms with E-state index in [4.69, 9.17) is 15.2 Å². The van der Waals surface area contributed by atoms with Crippen molar-refractivity contribution >= 4 is 40.9 Å². The largest absolute Gasteiger partial charge is 0.478 e. The van der Waals surface area contributed by atoms with Crippen LogP contribution in [0.25, 0.3) is 11.1 Å².